The van der Waals surface area contributed by atoms with Gasteiger partial charge in [0, 0.05) is 19.1 Å². The maximum Gasteiger partial charge on any atom is 0.307 e. The summed E-state index contributed by atoms with van der Waals surface area (Å²) in [6.07, 6.45) is 2.50. The van der Waals surface area contributed by atoms with Crippen LogP contribution in [0.25, 0.3) is 0 Å². The minimum absolute atomic E-state index is 0.0469. The van der Waals surface area contributed by atoms with Gasteiger partial charge >= 0.3 is 5.97 Å². The normalized spacial score (nSPS) is 12.4. The molecule has 1 N–H and O–H groups in total. The van der Waals surface area contributed by atoms with Crippen LogP contribution in [0.5, 0.6) is 0 Å². The number of carbonyl (C=O) groups excluding carboxylic acids is 2. The second-order valence-electron chi connectivity index (χ2n) is 8.55. The summed E-state index contributed by atoms with van der Waals surface area (Å²) < 4.78 is 23.7. The maximum atomic E-state index is 12.8. The highest BCUT2D eigenvalue weighted by Gasteiger charge is 2.22. The van der Waals surface area contributed by atoms with Crippen molar-refractivity contribution in [3.8, 4) is 0 Å². The van der Waals surface area contributed by atoms with Crippen molar-refractivity contribution in [1.29, 1.82) is 0 Å². The molecule has 0 saturated carbocycles. The Morgan fingerprint density at radius 2 is 1.36 bits per heavy atom. The standard InChI is InChI=1S/C29H34NO5P/c31-28(34-23-26-17-8-3-9-18-26)19-20-30-29(32)27(22-25-15-6-2-7-16-25)35-36(33)21-11-10-14-24-12-4-1-5-13-24/h1-9,12-13,15-18,27,36H,10-11,14,19-23H2,(H,30,32). The first-order chi connectivity index (χ1) is 17.6. The number of ether oxygens (including phenoxy) is 1. The summed E-state index contributed by atoms with van der Waals surface area (Å²) in [5.74, 6) is -0.774. The van der Waals surface area contributed by atoms with Gasteiger partial charge in [0.1, 0.15) is 12.7 Å². The van der Waals surface area contributed by atoms with Gasteiger partial charge in [-0.3, -0.25) is 14.2 Å². The number of nitrogens with one attached hydrogen (secondary N) is 1. The van der Waals surface area contributed by atoms with E-state index in [4.69, 9.17) is 9.26 Å². The lowest BCUT2D eigenvalue weighted by molar-refractivity contribution is -0.144. The van der Waals surface area contributed by atoms with Crippen LogP contribution >= 0.6 is 8.03 Å². The summed E-state index contributed by atoms with van der Waals surface area (Å²) >= 11 is 0. The fourth-order valence-electron chi connectivity index (χ4n) is 3.69. The second kappa shape index (κ2) is 15.7. The van der Waals surface area contributed by atoms with Gasteiger partial charge in [0.2, 0.25) is 5.91 Å². The average molecular weight is 508 g/mol. The quantitative estimate of drug-likeness (QED) is 0.170. The lowest BCUT2D eigenvalue weighted by Gasteiger charge is -2.18. The van der Waals surface area contributed by atoms with Crippen LogP contribution in [0, 0.1) is 0 Å². The molecule has 0 radical (unpaired) electrons. The van der Waals surface area contributed by atoms with Crippen molar-refractivity contribution in [3.63, 3.8) is 0 Å². The highest BCUT2D eigenvalue weighted by Crippen LogP contribution is 2.28. The third-order valence-electron chi connectivity index (χ3n) is 5.64. The van der Waals surface area contributed by atoms with Crippen LogP contribution in [0.1, 0.15) is 36.0 Å². The minimum Gasteiger partial charge on any atom is -0.461 e. The van der Waals surface area contributed by atoms with E-state index in [2.05, 4.69) is 17.4 Å². The number of unbranched alkanes of at least 4 members (excludes halogenated alkanes) is 1. The lowest BCUT2D eigenvalue weighted by Crippen LogP contribution is -2.38. The second-order valence-corrected chi connectivity index (χ2v) is 10.0. The Kier molecular flexibility index (Phi) is 12.0. The molecule has 0 bridgehead atoms. The maximum absolute atomic E-state index is 12.8. The van der Waals surface area contributed by atoms with Gasteiger partial charge in [-0.05, 0) is 36.0 Å². The van der Waals surface area contributed by atoms with E-state index in [0.29, 0.717) is 12.6 Å². The molecule has 0 aliphatic heterocycles. The predicted molar refractivity (Wildman–Crippen MR) is 142 cm³/mol. The molecule has 0 aliphatic rings. The van der Waals surface area contributed by atoms with E-state index in [1.807, 2.05) is 78.9 Å². The van der Waals surface area contributed by atoms with Crippen molar-refractivity contribution in [2.75, 3.05) is 12.7 Å². The number of aryl methyl sites for hydroxylation is 1. The van der Waals surface area contributed by atoms with Gasteiger partial charge in [0.15, 0.2) is 8.03 Å². The van der Waals surface area contributed by atoms with Crippen molar-refractivity contribution in [2.45, 2.75) is 44.8 Å². The SMILES string of the molecule is O=C(CCNC(=O)C(Cc1ccccc1)O[PH](=O)CCCCc1ccccc1)OCc1ccccc1. The van der Waals surface area contributed by atoms with Crippen LogP contribution in [0.3, 0.4) is 0 Å². The van der Waals surface area contributed by atoms with E-state index in [1.54, 1.807) is 0 Å². The molecule has 0 aliphatic carbocycles. The van der Waals surface area contributed by atoms with Gasteiger partial charge in [-0.1, -0.05) is 91.0 Å². The molecule has 190 valence electrons. The molecule has 2 unspecified atom stereocenters. The van der Waals surface area contributed by atoms with Gasteiger partial charge in [-0.25, -0.2) is 0 Å². The van der Waals surface area contributed by atoms with Crippen LogP contribution in [0.4, 0.5) is 0 Å². The molecule has 0 saturated heterocycles. The highest BCUT2D eigenvalue weighted by atomic mass is 31.1. The van der Waals surface area contributed by atoms with E-state index in [0.717, 1.165) is 30.4 Å². The topological polar surface area (TPSA) is 81.7 Å². The number of carbonyl (C=O) groups is 2. The van der Waals surface area contributed by atoms with E-state index < -0.39 is 20.1 Å². The van der Waals surface area contributed by atoms with Gasteiger partial charge in [-0.2, -0.15) is 0 Å². The van der Waals surface area contributed by atoms with Crippen molar-refractivity contribution in [1.82, 2.24) is 5.32 Å². The molecule has 0 heterocycles. The van der Waals surface area contributed by atoms with Gasteiger partial charge in [0.25, 0.3) is 0 Å². The Bertz CT molecular complexity index is 1080. The molecule has 0 fully saturated rings. The Balaban J connectivity index is 1.43. The molecule has 1 amide bonds. The summed E-state index contributed by atoms with van der Waals surface area (Å²) in [5, 5.41) is 2.74. The van der Waals surface area contributed by atoms with E-state index in [-0.39, 0.29) is 25.5 Å². The number of rotatable bonds is 15. The Labute approximate surface area is 213 Å². The lowest BCUT2D eigenvalue weighted by atomic mass is 10.1. The van der Waals surface area contributed by atoms with Crippen LogP contribution in [0.2, 0.25) is 0 Å². The summed E-state index contributed by atoms with van der Waals surface area (Å²) in [4.78, 5) is 24.9. The smallest absolute Gasteiger partial charge is 0.307 e. The first-order valence-corrected chi connectivity index (χ1v) is 13.9. The van der Waals surface area contributed by atoms with Crippen molar-refractivity contribution in [2.24, 2.45) is 0 Å². The van der Waals surface area contributed by atoms with Gasteiger partial charge < -0.3 is 14.6 Å². The number of hydrogen-bond acceptors (Lipinski definition) is 5. The van der Waals surface area contributed by atoms with Gasteiger partial charge in [0.05, 0.1) is 6.42 Å². The number of hydrogen-bond donors (Lipinski definition) is 1. The third kappa shape index (κ3) is 10.6. The molecular formula is C29H34NO5P. The zero-order valence-electron chi connectivity index (χ0n) is 20.4. The monoisotopic (exact) mass is 507 g/mol. The summed E-state index contributed by atoms with van der Waals surface area (Å²) in [6, 6.07) is 29.1. The zero-order valence-corrected chi connectivity index (χ0v) is 21.4. The molecule has 0 spiro atoms. The molecule has 3 aromatic rings. The number of amides is 1. The van der Waals surface area contributed by atoms with Crippen LogP contribution < -0.4 is 5.32 Å². The summed E-state index contributed by atoms with van der Waals surface area (Å²) in [6.45, 7) is 0.318. The fraction of sp³-hybridized carbons (Fsp3) is 0.310. The van der Waals surface area contributed by atoms with E-state index >= 15 is 0 Å². The minimum atomic E-state index is -2.39. The van der Waals surface area contributed by atoms with Crippen molar-refractivity contribution in [3.05, 3.63) is 108 Å². The fourth-order valence-corrected chi connectivity index (χ4v) is 4.85. The van der Waals surface area contributed by atoms with Gasteiger partial charge in [-0.15, -0.1) is 0 Å². The largest absolute Gasteiger partial charge is 0.461 e. The average Bonchev–Trinajstić information content (AvgIpc) is 2.91. The summed E-state index contributed by atoms with van der Waals surface area (Å²) in [7, 11) is -2.39. The Morgan fingerprint density at radius 1 is 0.778 bits per heavy atom. The summed E-state index contributed by atoms with van der Waals surface area (Å²) in [5.41, 5.74) is 3.07. The van der Waals surface area contributed by atoms with Crippen molar-refractivity contribution >= 4 is 19.9 Å². The number of esters is 1. The molecule has 0 aromatic heterocycles. The van der Waals surface area contributed by atoms with Crippen LogP contribution in [-0.4, -0.2) is 30.7 Å². The van der Waals surface area contributed by atoms with E-state index in [1.165, 1.54) is 5.56 Å². The third-order valence-corrected chi connectivity index (χ3v) is 6.95. The molecule has 3 aromatic carbocycles. The molecule has 6 nitrogen and oxygen atoms in total. The molecule has 3 rings (SSSR count). The number of benzene rings is 3. The zero-order chi connectivity index (χ0) is 25.4. The first-order valence-electron chi connectivity index (χ1n) is 12.3. The highest BCUT2D eigenvalue weighted by molar-refractivity contribution is 7.39. The molecule has 2 atom stereocenters. The predicted octanol–water partition coefficient (Wildman–Crippen LogP) is 5.36. The van der Waals surface area contributed by atoms with Crippen LogP contribution in [0.15, 0.2) is 91.0 Å². The Hall–Kier alpha value is -3.21. The first kappa shape index (κ1) is 27.4. The Morgan fingerprint density at radius 3 is 2.00 bits per heavy atom. The van der Waals surface area contributed by atoms with E-state index in [9.17, 15) is 14.2 Å². The molecular weight excluding hydrogens is 473 g/mol. The molecule has 7 heteroatoms. The molecule has 36 heavy (non-hydrogen) atoms. The van der Waals surface area contributed by atoms with Crippen LogP contribution in [-0.2, 0) is 42.9 Å². The van der Waals surface area contributed by atoms with Crippen molar-refractivity contribution < 1.29 is 23.4 Å².